The van der Waals surface area contributed by atoms with E-state index in [4.69, 9.17) is 0 Å². The van der Waals surface area contributed by atoms with Crippen molar-refractivity contribution in [3.63, 3.8) is 0 Å². The Kier molecular flexibility index (Phi) is 5.20. The van der Waals surface area contributed by atoms with Crippen LogP contribution in [0.15, 0.2) is 24.5 Å². The van der Waals surface area contributed by atoms with Gasteiger partial charge in [0.05, 0.1) is 5.41 Å². The van der Waals surface area contributed by atoms with Gasteiger partial charge in [0.15, 0.2) is 0 Å². The van der Waals surface area contributed by atoms with Gasteiger partial charge >= 0.3 is 0 Å². The smallest absolute Gasteiger partial charge is 0.230 e. The Morgan fingerprint density at radius 3 is 2.78 bits per heavy atom. The molecule has 1 unspecified atom stereocenters. The molecule has 0 N–H and O–H groups in total. The van der Waals surface area contributed by atoms with Crippen LogP contribution < -0.4 is 0 Å². The van der Waals surface area contributed by atoms with Gasteiger partial charge in [-0.05, 0) is 62.5 Å². The van der Waals surface area contributed by atoms with E-state index in [0.717, 1.165) is 69.5 Å². The Hall–Kier alpha value is -1.91. The van der Waals surface area contributed by atoms with E-state index in [-0.39, 0.29) is 17.2 Å². The fraction of sp³-hybridized carbons (Fsp3) is 0.682. The fourth-order valence-electron chi connectivity index (χ4n) is 5.22. The monoisotopic (exact) mass is 369 g/mol. The molecule has 27 heavy (non-hydrogen) atoms. The lowest BCUT2D eigenvalue weighted by Gasteiger charge is -2.41. The summed E-state index contributed by atoms with van der Waals surface area (Å²) >= 11 is 0. The third-order valence-corrected chi connectivity index (χ3v) is 6.95. The van der Waals surface area contributed by atoms with Crippen LogP contribution in [0.4, 0.5) is 0 Å². The zero-order chi connectivity index (χ0) is 18.9. The van der Waals surface area contributed by atoms with E-state index in [0.29, 0.717) is 19.0 Å². The van der Waals surface area contributed by atoms with Crippen molar-refractivity contribution in [2.75, 3.05) is 19.6 Å². The summed E-state index contributed by atoms with van der Waals surface area (Å²) in [6.45, 7) is 5.15. The van der Waals surface area contributed by atoms with Crippen LogP contribution in [-0.4, -0.2) is 46.2 Å². The van der Waals surface area contributed by atoms with Gasteiger partial charge in [0, 0.05) is 44.5 Å². The minimum Gasteiger partial charge on any atom is -0.341 e. The number of carbonyl (C=O) groups is 2. The first kappa shape index (κ1) is 18.5. The number of amides is 2. The molecule has 1 aromatic rings. The Balaban J connectivity index is 1.41. The van der Waals surface area contributed by atoms with Crippen molar-refractivity contribution in [1.29, 1.82) is 0 Å². The maximum atomic E-state index is 13.2. The average Bonchev–Trinajstić information content (AvgIpc) is 2.98. The minimum atomic E-state index is -0.349. The summed E-state index contributed by atoms with van der Waals surface area (Å²) < 4.78 is 0. The van der Waals surface area contributed by atoms with Crippen LogP contribution in [0.2, 0.25) is 0 Å². The summed E-state index contributed by atoms with van der Waals surface area (Å²) in [6, 6.07) is 3.93. The van der Waals surface area contributed by atoms with Gasteiger partial charge in [-0.2, -0.15) is 0 Å². The van der Waals surface area contributed by atoms with E-state index >= 15 is 0 Å². The molecule has 0 bridgehead atoms. The van der Waals surface area contributed by atoms with Gasteiger partial charge in [0.25, 0.3) is 0 Å². The number of likely N-dealkylation sites (tertiary alicyclic amines) is 2. The van der Waals surface area contributed by atoms with Crippen LogP contribution in [-0.2, 0) is 16.1 Å². The second kappa shape index (κ2) is 7.61. The highest BCUT2D eigenvalue weighted by atomic mass is 16.2. The van der Waals surface area contributed by atoms with Gasteiger partial charge in [-0.15, -0.1) is 0 Å². The van der Waals surface area contributed by atoms with E-state index < -0.39 is 0 Å². The number of aromatic nitrogens is 1. The Morgan fingerprint density at radius 2 is 2.04 bits per heavy atom. The molecule has 0 radical (unpaired) electrons. The van der Waals surface area contributed by atoms with Crippen molar-refractivity contribution in [1.82, 2.24) is 14.8 Å². The number of pyridine rings is 1. The lowest BCUT2D eigenvalue weighted by molar-refractivity contribution is -0.146. The molecular formula is C22H31N3O2. The first-order valence-corrected chi connectivity index (χ1v) is 10.5. The third-order valence-electron chi connectivity index (χ3n) is 6.95. The first-order valence-electron chi connectivity index (χ1n) is 10.5. The number of carbonyl (C=O) groups excluding carboxylic acids is 2. The highest BCUT2D eigenvalue weighted by Gasteiger charge is 2.50. The SMILES string of the molecule is CC1CCC(C(=O)N2CCCC3(CCN(Cc4cccnc4)C3=O)C2)CC1. The molecular weight excluding hydrogens is 338 g/mol. The van der Waals surface area contributed by atoms with Gasteiger partial charge in [0.1, 0.15) is 0 Å². The molecule has 3 heterocycles. The summed E-state index contributed by atoms with van der Waals surface area (Å²) in [4.78, 5) is 34.5. The second-order valence-electron chi connectivity index (χ2n) is 8.94. The molecule has 146 valence electrons. The molecule has 1 spiro atoms. The highest BCUT2D eigenvalue weighted by molar-refractivity contribution is 5.87. The first-order chi connectivity index (χ1) is 13.1. The maximum absolute atomic E-state index is 13.2. The van der Waals surface area contributed by atoms with Crippen molar-refractivity contribution in [2.24, 2.45) is 17.3 Å². The molecule has 2 aliphatic heterocycles. The molecule has 3 fully saturated rings. The molecule has 1 aliphatic carbocycles. The van der Waals surface area contributed by atoms with E-state index in [1.165, 1.54) is 0 Å². The zero-order valence-corrected chi connectivity index (χ0v) is 16.4. The minimum absolute atomic E-state index is 0.180. The van der Waals surface area contributed by atoms with Crippen LogP contribution in [0.1, 0.15) is 57.4 Å². The van der Waals surface area contributed by atoms with Crippen LogP contribution in [0.25, 0.3) is 0 Å². The van der Waals surface area contributed by atoms with E-state index in [1.807, 2.05) is 28.1 Å². The van der Waals surface area contributed by atoms with Crippen LogP contribution in [0.3, 0.4) is 0 Å². The van der Waals surface area contributed by atoms with Gasteiger partial charge in [-0.25, -0.2) is 0 Å². The Morgan fingerprint density at radius 1 is 1.22 bits per heavy atom. The van der Waals surface area contributed by atoms with Crippen LogP contribution in [0.5, 0.6) is 0 Å². The van der Waals surface area contributed by atoms with E-state index in [9.17, 15) is 9.59 Å². The second-order valence-corrected chi connectivity index (χ2v) is 8.94. The fourth-order valence-corrected chi connectivity index (χ4v) is 5.22. The van der Waals surface area contributed by atoms with Crippen molar-refractivity contribution >= 4 is 11.8 Å². The normalized spacial score (nSPS) is 31.5. The van der Waals surface area contributed by atoms with Crippen molar-refractivity contribution in [2.45, 2.75) is 58.4 Å². The number of nitrogens with zero attached hydrogens (tertiary/aromatic N) is 3. The number of hydrogen-bond donors (Lipinski definition) is 0. The molecule has 5 heteroatoms. The van der Waals surface area contributed by atoms with E-state index in [1.54, 1.807) is 6.20 Å². The lowest BCUT2D eigenvalue weighted by atomic mass is 9.77. The largest absolute Gasteiger partial charge is 0.341 e. The Labute approximate surface area is 162 Å². The van der Waals surface area contributed by atoms with Gasteiger partial charge in [-0.1, -0.05) is 13.0 Å². The molecule has 2 amide bonds. The van der Waals surface area contributed by atoms with Gasteiger partial charge < -0.3 is 9.80 Å². The van der Waals surface area contributed by atoms with Crippen molar-refractivity contribution in [3.8, 4) is 0 Å². The summed E-state index contributed by atoms with van der Waals surface area (Å²) in [5.74, 6) is 1.47. The predicted molar refractivity (Wildman–Crippen MR) is 104 cm³/mol. The van der Waals surface area contributed by atoms with Gasteiger partial charge in [0.2, 0.25) is 11.8 Å². The van der Waals surface area contributed by atoms with Crippen LogP contribution >= 0.6 is 0 Å². The molecule has 5 nitrogen and oxygen atoms in total. The number of rotatable bonds is 3. The maximum Gasteiger partial charge on any atom is 0.230 e. The van der Waals surface area contributed by atoms with Gasteiger partial charge in [-0.3, -0.25) is 14.6 Å². The standard InChI is InChI=1S/C22H31N3O2/c1-17-5-7-19(8-6-17)20(26)25-12-3-9-22(16-25)10-13-24(21(22)27)15-18-4-2-11-23-14-18/h2,4,11,14,17,19H,3,5-10,12-13,15-16H2,1H3. The average molecular weight is 370 g/mol. The molecule has 3 aliphatic rings. The summed E-state index contributed by atoms with van der Waals surface area (Å²) in [5.41, 5.74) is 0.723. The van der Waals surface area contributed by atoms with Crippen LogP contribution in [0, 0.1) is 17.3 Å². The molecule has 4 rings (SSSR count). The quantitative estimate of drug-likeness (QED) is 0.822. The predicted octanol–water partition coefficient (Wildman–Crippen LogP) is 3.25. The zero-order valence-electron chi connectivity index (χ0n) is 16.4. The molecule has 1 atom stereocenters. The summed E-state index contributed by atoms with van der Waals surface area (Å²) in [6.07, 6.45) is 10.7. The topological polar surface area (TPSA) is 53.5 Å². The highest BCUT2D eigenvalue weighted by Crippen LogP contribution is 2.41. The molecule has 1 aromatic heterocycles. The van der Waals surface area contributed by atoms with Crippen molar-refractivity contribution in [3.05, 3.63) is 30.1 Å². The van der Waals surface area contributed by atoms with Crippen molar-refractivity contribution < 1.29 is 9.59 Å². The molecule has 0 aromatic carbocycles. The Bertz CT molecular complexity index is 684. The third kappa shape index (κ3) is 3.74. The molecule has 1 saturated carbocycles. The molecule has 2 saturated heterocycles. The number of hydrogen-bond acceptors (Lipinski definition) is 3. The van der Waals surface area contributed by atoms with E-state index in [2.05, 4.69) is 11.9 Å². The summed E-state index contributed by atoms with van der Waals surface area (Å²) in [5, 5.41) is 0. The number of piperidine rings is 1. The lowest BCUT2D eigenvalue weighted by Crippen LogP contribution is -2.51. The summed E-state index contributed by atoms with van der Waals surface area (Å²) in [7, 11) is 0.